The van der Waals surface area contributed by atoms with Crippen LogP contribution in [0.15, 0.2) is 12.2 Å². The molecule has 0 aliphatic heterocycles. The SMILES string of the molecule is [CH2]CCCCCC=CCCCCC(C)CCC(C)CCCCCCCCCCC[CH2]. The molecule has 0 rings (SSSR count). The van der Waals surface area contributed by atoms with Crippen LogP contribution in [0, 0.1) is 25.7 Å². The second-order valence-corrected chi connectivity index (χ2v) is 10.1. The molecule has 30 heavy (non-hydrogen) atoms. The third-order valence-electron chi connectivity index (χ3n) is 6.70. The molecule has 178 valence electrons. The van der Waals surface area contributed by atoms with Crippen molar-refractivity contribution in [2.24, 2.45) is 11.8 Å². The summed E-state index contributed by atoms with van der Waals surface area (Å²) in [6, 6.07) is 0. The van der Waals surface area contributed by atoms with Crippen LogP contribution in [0.25, 0.3) is 0 Å². The van der Waals surface area contributed by atoms with Crippen LogP contribution in [0.5, 0.6) is 0 Å². The predicted molar refractivity (Wildman–Crippen MR) is 140 cm³/mol. The Morgan fingerprint density at radius 2 is 0.767 bits per heavy atom. The van der Waals surface area contributed by atoms with Gasteiger partial charge >= 0.3 is 0 Å². The number of allylic oxidation sites excluding steroid dienone is 2. The van der Waals surface area contributed by atoms with E-state index in [0.29, 0.717) is 0 Å². The Labute approximate surface area is 193 Å². The van der Waals surface area contributed by atoms with E-state index in [1.165, 1.54) is 128 Å². The van der Waals surface area contributed by atoms with Crippen molar-refractivity contribution >= 4 is 0 Å². The molecule has 0 saturated carbocycles. The summed E-state index contributed by atoms with van der Waals surface area (Å²) in [6.45, 7) is 12.8. The molecule has 2 unspecified atom stereocenters. The van der Waals surface area contributed by atoms with Crippen molar-refractivity contribution < 1.29 is 0 Å². The average Bonchev–Trinajstić information content (AvgIpc) is 2.75. The molecule has 0 N–H and O–H groups in total. The molecule has 0 heteroatoms. The highest BCUT2D eigenvalue weighted by atomic mass is 14.1. The predicted octanol–water partition coefficient (Wildman–Crippen LogP) is 11.1. The molecule has 2 atom stereocenters. The smallest absolute Gasteiger partial charge is 0.0351 e. The van der Waals surface area contributed by atoms with Gasteiger partial charge in [-0.15, -0.1) is 0 Å². The van der Waals surface area contributed by atoms with Crippen LogP contribution < -0.4 is 0 Å². The Kier molecular flexibility index (Phi) is 24.8. The zero-order valence-corrected chi connectivity index (χ0v) is 21.3. The van der Waals surface area contributed by atoms with Crippen LogP contribution in [0.1, 0.15) is 155 Å². The van der Waals surface area contributed by atoms with E-state index in [4.69, 9.17) is 0 Å². The maximum absolute atomic E-state index is 3.92. The number of unbranched alkanes of at least 4 members (excludes halogenated alkanes) is 15. The van der Waals surface area contributed by atoms with Gasteiger partial charge in [-0.1, -0.05) is 155 Å². The lowest BCUT2D eigenvalue weighted by atomic mass is 9.91. The van der Waals surface area contributed by atoms with E-state index in [-0.39, 0.29) is 0 Å². The van der Waals surface area contributed by atoms with Crippen LogP contribution in [0.3, 0.4) is 0 Å². The first-order valence-electron chi connectivity index (χ1n) is 13.9. The van der Waals surface area contributed by atoms with Crippen LogP contribution in [-0.2, 0) is 0 Å². The first-order chi connectivity index (χ1) is 14.7. The van der Waals surface area contributed by atoms with Gasteiger partial charge < -0.3 is 0 Å². The molecule has 0 nitrogen and oxygen atoms in total. The summed E-state index contributed by atoms with van der Waals surface area (Å²) in [5, 5.41) is 0. The number of rotatable bonds is 24. The van der Waals surface area contributed by atoms with Gasteiger partial charge in [-0.3, -0.25) is 0 Å². The van der Waals surface area contributed by atoms with Crippen molar-refractivity contribution in [2.75, 3.05) is 0 Å². The maximum Gasteiger partial charge on any atom is -0.0351 e. The van der Waals surface area contributed by atoms with Crippen molar-refractivity contribution in [2.45, 2.75) is 155 Å². The van der Waals surface area contributed by atoms with Gasteiger partial charge in [0.05, 0.1) is 0 Å². The number of hydrogen-bond donors (Lipinski definition) is 0. The van der Waals surface area contributed by atoms with Gasteiger partial charge in [0, 0.05) is 0 Å². The standard InChI is InChI=1S/C30H58/c1-5-7-9-11-13-15-17-19-21-23-25-29(3)27-28-30(4)26-24-22-20-18-16-14-12-10-8-6-2/h15,17,29-30H,1-2,5-14,16,18-28H2,3-4H3. The Bertz CT molecular complexity index is 329. The molecular weight excluding hydrogens is 360 g/mol. The second-order valence-electron chi connectivity index (χ2n) is 10.1. The lowest BCUT2D eigenvalue weighted by Crippen LogP contribution is -2.01. The van der Waals surface area contributed by atoms with E-state index in [0.717, 1.165) is 24.7 Å². The molecule has 0 aromatic rings. The summed E-state index contributed by atoms with van der Waals surface area (Å²) in [6.07, 6.45) is 35.0. The number of hydrogen-bond acceptors (Lipinski definition) is 0. The molecule has 0 amide bonds. The molecule has 0 bridgehead atoms. The first kappa shape index (κ1) is 29.7. The summed E-state index contributed by atoms with van der Waals surface area (Å²) in [7, 11) is 0. The maximum atomic E-state index is 3.92. The van der Waals surface area contributed by atoms with Gasteiger partial charge in [0.15, 0.2) is 0 Å². The Hall–Kier alpha value is -0.260. The van der Waals surface area contributed by atoms with Crippen molar-refractivity contribution in [1.82, 2.24) is 0 Å². The van der Waals surface area contributed by atoms with Crippen molar-refractivity contribution in [3.05, 3.63) is 26.0 Å². The highest BCUT2D eigenvalue weighted by Gasteiger charge is 2.07. The summed E-state index contributed by atoms with van der Waals surface area (Å²) >= 11 is 0. The molecular formula is C30H58. The Morgan fingerprint density at radius 3 is 1.23 bits per heavy atom. The van der Waals surface area contributed by atoms with Crippen LogP contribution in [-0.4, -0.2) is 0 Å². The third-order valence-corrected chi connectivity index (χ3v) is 6.70. The van der Waals surface area contributed by atoms with Gasteiger partial charge in [0.2, 0.25) is 0 Å². The fourth-order valence-corrected chi connectivity index (χ4v) is 4.37. The van der Waals surface area contributed by atoms with Crippen LogP contribution in [0.2, 0.25) is 0 Å². The van der Waals surface area contributed by atoms with Gasteiger partial charge in [0.1, 0.15) is 0 Å². The largest absolute Gasteiger partial charge is 0.0885 e. The fraction of sp³-hybridized carbons (Fsp3) is 0.867. The minimum absolute atomic E-state index is 0.919. The average molecular weight is 419 g/mol. The zero-order chi connectivity index (χ0) is 22.1. The van der Waals surface area contributed by atoms with Gasteiger partial charge in [-0.2, -0.15) is 0 Å². The van der Waals surface area contributed by atoms with E-state index in [2.05, 4.69) is 39.8 Å². The van der Waals surface area contributed by atoms with Crippen LogP contribution >= 0.6 is 0 Å². The van der Waals surface area contributed by atoms with Crippen molar-refractivity contribution in [1.29, 1.82) is 0 Å². The summed E-state index contributed by atoms with van der Waals surface area (Å²) in [4.78, 5) is 0. The van der Waals surface area contributed by atoms with E-state index < -0.39 is 0 Å². The van der Waals surface area contributed by atoms with Crippen molar-refractivity contribution in [3.63, 3.8) is 0 Å². The summed E-state index contributed by atoms with van der Waals surface area (Å²) in [5.41, 5.74) is 0. The monoisotopic (exact) mass is 418 g/mol. The minimum atomic E-state index is 0.919. The molecule has 0 aromatic heterocycles. The molecule has 0 aliphatic carbocycles. The molecule has 0 aliphatic rings. The summed E-state index contributed by atoms with van der Waals surface area (Å²) < 4.78 is 0. The van der Waals surface area contributed by atoms with Crippen LogP contribution in [0.4, 0.5) is 0 Å². The van der Waals surface area contributed by atoms with Gasteiger partial charge in [-0.05, 0) is 37.5 Å². The molecule has 0 heterocycles. The van der Waals surface area contributed by atoms with Gasteiger partial charge in [-0.25, -0.2) is 0 Å². The fourth-order valence-electron chi connectivity index (χ4n) is 4.37. The lowest BCUT2D eigenvalue weighted by molar-refractivity contribution is 0.379. The Morgan fingerprint density at radius 1 is 0.433 bits per heavy atom. The topological polar surface area (TPSA) is 0 Å². The van der Waals surface area contributed by atoms with E-state index in [1.807, 2.05) is 0 Å². The lowest BCUT2D eigenvalue weighted by Gasteiger charge is -2.15. The zero-order valence-electron chi connectivity index (χ0n) is 21.3. The highest BCUT2D eigenvalue weighted by molar-refractivity contribution is 4.81. The molecule has 0 fully saturated rings. The van der Waals surface area contributed by atoms with Crippen molar-refractivity contribution in [3.8, 4) is 0 Å². The minimum Gasteiger partial charge on any atom is -0.0885 e. The molecule has 0 spiro atoms. The first-order valence-corrected chi connectivity index (χ1v) is 13.9. The quantitative estimate of drug-likeness (QED) is 0.108. The third kappa shape index (κ3) is 24.0. The highest BCUT2D eigenvalue weighted by Crippen LogP contribution is 2.22. The second kappa shape index (κ2) is 25.0. The van der Waals surface area contributed by atoms with Gasteiger partial charge in [0.25, 0.3) is 0 Å². The summed E-state index contributed by atoms with van der Waals surface area (Å²) in [5.74, 6) is 1.85. The molecule has 2 radical (unpaired) electrons. The van der Waals surface area contributed by atoms with E-state index >= 15 is 0 Å². The van der Waals surface area contributed by atoms with E-state index in [9.17, 15) is 0 Å². The molecule has 0 aromatic carbocycles. The van der Waals surface area contributed by atoms with E-state index in [1.54, 1.807) is 0 Å². The Balaban J connectivity index is 3.35. The normalized spacial score (nSPS) is 13.9. The molecule has 0 saturated heterocycles.